The number of phenolic OH excluding ortho intramolecular Hbond substituents is 5. The fourth-order valence-electron chi connectivity index (χ4n) is 5.02. The third-order valence-electron chi connectivity index (χ3n) is 6.94. The molecule has 0 aliphatic carbocycles. The number of ether oxygens (including phenoxy) is 2. The van der Waals surface area contributed by atoms with Gasteiger partial charge in [-0.2, -0.15) is 0 Å². The number of hydrogen-bond donors (Lipinski definition) is 5. The van der Waals surface area contributed by atoms with Crippen molar-refractivity contribution in [2.24, 2.45) is 0 Å². The van der Waals surface area contributed by atoms with Gasteiger partial charge in [-0.25, -0.2) is 0 Å². The molecule has 5 N–H and O–H groups in total. The maximum absolute atomic E-state index is 13.2. The lowest BCUT2D eigenvalue weighted by Crippen LogP contribution is -2.03. The van der Waals surface area contributed by atoms with Gasteiger partial charge in [0.15, 0.2) is 27.9 Å². The van der Waals surface area contributed by atoms with Gasteiger partial charge in [-0.15, -0.1) is 0 Å². The first-order chi connectivity index (χ1) is 20.6. The van der Waals surface area contributed by atoms with Gasteiger partial charge in [0.2, 0.25) is 0 Å². The van der Waals surface area contributed by atoms with E-state index in [0.717, 1.165) is 18.2 Å². The minimum atomic E-state index is -0.606. The molecule has 0 atom stereocenters. The Kier molecular flexibility index (Phi) is 6.34. The maximum atomic E-state index is 13.2. The number of benzene rings is 4. The summed E-state index contributed by atoms with van der Waals surface area (Å²) in [5.41, 5.74) is -0.662. The quantitative estimate of drug-likeness (QED) is 0.174. The first-order valence-electron chi connectivity index (χ1n) is 12.7. The van der Waals surface area contributed by atoms with Gasteiger partial charge in [-0.1, -0.05) is 0 Å². The Morgan fingerprint density at radius 1 is 0.605 bits per heavy atom. The molecule has 11 heteroatoms. The molecule has 0 spiro atoms. The summed E-state index contributed by atoms with van der Waals surface area (Å²) >= 11 is 0. The smallest absolute Gasteiger partial charge is 0.197 e. The van der Waals surface area contributed by atoms with Crippen molar-refractivity contribution < 1.29 is 43.8 Å². The molecule has 2 heterocycles. The molecule has 0 unspecified atom stereocenters. The summed E-state index contributed by atoms with van der Waals surface area (Å²) in [7, 11) is 2.73. The van der Waals surface area contributed by atoms with Gasteiger partial charge in [0.25, 0.3) is 0 Å². The maximum Gasteiger partial charge on any atom is 0.197 e. The summed E-state index contributed by atoms with van der Waals surface area (Å²) in [6, 6.07) is 14.4. The third kappa shape index (κ3) is 4.49. The van der Waals surface area contributed by atoms with Crippen molar-refractivity contribution in [2.75, 3.05) is 14.2 Å². The Hall–Kier alpha value is -6.10. The number of hydrogen-bond acceptors (Lipinski definition) is 11. The number of fused-ring (bicyclic) bond motifs is 2. The summed E-state index contributed by atoms with van der Waals surface area (Å²) in [5.74, 6) is -1.40. The zero-order valence-corrected chi connectivity index (χ0v) is 22.5. The molecule has 6 aromatic rings. The summed E-state index contributed by atoms with van der Waals surface area (Å²) in [5, 5.41) is 51.2. The predicted octanol–water partition coefficient (Wildman–Crippen LogP) is 5.45. The van der Waals surface area contributed by atoms with E-state index in [4.69, 9.17) is 18.3 Å². The zero-order chi connectivity index (χ0) is 30.6. The van der Waals surface area contributed by atoms with Gasteiger partial charge >= 0.3 is 0 Å². The van der Waals surface area contributed by atoms with Crippen LogP contribution in [0.2, 0.25) is 0 Å². The summed E-state index contributed by atoms with van der Waals surface area (Å²) in [4.78, 5) is 26.2. The van der Waals surface area contributed by atoms with Gasteiger partial charge in [0.05, 0.1) is 19.8 Å². The lowest BCUT2D eigenvalue weighted by atomic mass is 9.96. The molecule has 2 aromatic heterocycles. The monoisotopic (exact) mass is 582 g/mol. The van der Waals surface area contributed by atoms with Gasteiger partial charge in [-0.05, 0) is 36.4 Å². The predicted molar refractivity (Wildman–Crippen MR) is 156 cm³/mol. The Balaban J connectivity index is 1.68. The fourth-order valence-corrected chi connectivity index (χ4v) is 5.02. The van der Waals surface area contributed by atoms with Crippen LogP contribution in [0.25, 0.3) is 55.7 Å². The second-order valence-electron chi connectivity index (χ2n) is 9.59. The lowest BCUT2D eigenvalue weighted by molar-refractivity contribution is 0.356. The molecular weight excluding hydrogens is 560 g/mol. The fraction of sp³-hybridized carbons (Fsp3) is 0.0625. The van der Waals surface area contributed by atoms with Crippen LogP contribution in [-0.2, 0) is 0 Å². The van der Waals surface area contributed by atoms with Crippen molar-refractivity contribution in [2.45, 2.75) is 0 Å². The molecule has 0 bridgehead atoms. The van der Waals surface area contributed by atoms with E-state index in [9.17, 15) is 35.1 Å². The second kappa shape index (κ2) is 10.1. The highest BCUT2D eigenvalue weighted by molar-refractivity contribution is 6.02. The van der Waals surface area contributed by atoms with Crippen LogP contribution in [0.15, 0.2) is 85.2 Å². The second-order valence-corrected chi connectivity index (χ2v) is 9.59. The van der Waals surface area contributed by atoms with Crippen molar-refractivity contribution in [3.63, 3.8) is 0 Å². The van der Waals surface area contributed by atoms with Crippen LogP contribution in [0.1, 0.15) is 0 Å². The molecule has 0 radical (unpaired) electrons. The highest BCUT2D eigenvalue weighted by atomic mass is 16.5. The van der Waals surface area contributed by atoms with E-state index < -0.39 is 28.1 Å². The summed E-state index contributed by atoms with van der Waals surface area (Å²) in [6.45, 7) is 0. The first kappa shape index (κ1) is 27.1. The topological polar surface area (TPSA) is 180 Å². The summed E-state index contributed by atoms with van der Waals surface area (Å²) < 4.78 is 23.2. The van der Waals surface area contributed by atoms with E-state index in [-0.39, 0.29) is 73.1 Å². The molecule has 6 rings (SSSR count). The first-order valence-corrected chi connectivity index (χ1v) is 12.7. The highest BCUT2D eigenvalue weighted by Gasteiger charge is 2.25. The van der Waals surface area contributed by atoms with Crippen molar-refractivity contribution in [1.29, 1.82) is 0 Å². The standard InChI is InChI=1S/C32H22O11/c1-40-27-8-15(25-12-22(38)29-19(35)9-17(34)10-26(29)42-25)7-18(31(27)41-2)28-20(36)11-21(37)30-23(39)13-24(43-32(28)30)14-3-5-16(33)6-4-14/h3-13,33-37H,1-2H3. The van der Waals surface area contributed by atoms with E-state index in [1.54, 1.807) is 0 Å². The minimum Gasteiger partial charge on any atom is -0.508 e. The molecule has 0 fully saturated rings. The molecule has 0 aliphatic heterocycles. The largest absolute Gasteiger partial charge is 0.508 e. The Labute approximate surface area is 241 Å². The molecule has 0 saturated carbocycles. The Morgan fingerprint density at radius 3 is 1.93 bits per heavy atom. The van der Waals surface area contributed by atoms with E-state index in [0.29, 0.717) is 5.56 Å². The Morgan fingerprint density at radius 2 is 1.26 bits per heavy atom. The van der Waals surface area contributed by atoms with Crippen LogP contribution in [-0.4, -0.2) is 39.8 Å². The molecule has 0 saturated heterocycles. The highest BCUT2D eigenvalue weighted by Crippen LogP contribution is 2.49. The molecule has 4 aromatic carbocycles. The average molecular weight is 583 g/mol. The van der Waals surface area contributed by atoms with Crippen LogP contribution in [0, 0.1) is 0 Å². The molecule has 0 aliphatic rings. The normalized spacial score (nSPS) is 11.2. The number of phenols is 5. The number of aromatic hydroxyl groups is 5. The molecule has 43 heavy (non-hydrogen) atoms. The van der Waals surface area contributed by atoms with Crippen LogP contribution in [0.4, 0.5) is 0 Å². The van der Waals surface area contributed by atoms with Crippen molar-refractivity contribution in [1.82, 2.24) is 0 Å². The van der Waals surface area contributed by atoms with E-state index in [2.05, 4.69) is 0 Å². The van der Waals surface area contributed by atoms with Crippen molar-refractivity contribution in [3.05, 3.63) is 87.2 Å². The number of methoxy groups -OCH3 is 2. The van der Waals surface area contributed by atoms with Gasteiger partial charge < -0.3 is 43.8 Å². The van der Waals surface area contributed by atoms with Gasteiger partial charge in [-0.3, -0.25) is 9.59 Å². The lowest BCUT2D eigenvalue weighted by Gasteiger charge is -2.18. The molecule has 0 amide bonds. The SMILES string of the molecule is COc1cc(-c2cc(=O)c3c(O)cc(O)cc3o2)cc(-c2c(O)cc(O)c3c(=O)cc(-c4ccc(O)cc4)oc23)c1OC. The summed E-state index contributed by atoms with van der Waals surface area (Å²) in [6.07, 6.45) is 0. The van der Waals surface area contributed by atoms with Crippen molar-refractivity contribution >= 4 is 21.9 Å². The number of rotatable bonds is 5. The minimum absolute atomic E-state index is 0.00211. The van der Waals surface area contributed by atoms with E-state index in [1.807, 2.05) is 0 Å². The average Bonchev–Trinajstić information content (AvgIpc) is 2.95. The van der Waals surface area contributed by atoms with Crippen LogP contribution in [0.3, 0.4) is 0 Å². The van der Waals surface area contributed by atoms with Gasteiger partial charge in [0, 0.05) is 47.0 Å². The molecule has 216 valence electrons. The third-order valence-corrected chi connectivity index (χ3v) is 6.94. The van der Waals surface area contributed by atoms with Crippen LogP contribution in [0.5, 0.6) is 40.2 Å². The van der Waals surface area contributed by atoms with Gasteiger partial charge in [0.1, 0.15) is 56.6 Å². The molecule has 11 nitrogen and oxygen atoms in total. The van der Waals surface area contributed by atoms with E-state index in [1.165, 1.54) is 62.8 Å². The van der Waals surface area contributed by atoms with Crippen molar-refractivity contribution in [3.8, 4) is 74.0 Å². The van der Waals surface area contributed by atoms with Crippen LogP contribution < -0.4 is 20.3 Å². The van der Waals surface area contributed by atoms with Crippen LogP contribution >= 0.6 is 0 Å². The van der Waals surface area contributed by atoms with E-state index >= 15 is 0 Å². The zero-order valence-electron chi connectivity index (χ0n) is 22.5. The Bertz CT molecular complexity index is 2190. The molecular formula is C32H22O11.